The van der Waals surface area contributed by atoms with E-state index in [1.807, 2.05) is 30.3 Å². The van der Waals surface area contributed by atoms with Crippen LogP contribution in [0.25, 0.3) is 0 Å². The number of hydrogen-bond donors (Lipinski definition) is 2. The fourth-order valence-corrected chi connectivity index (χ4v) is 2.63. The monoisotopic (exact) mass is 362 g/mol. The minimum absolute atomic E-state index is 0.0632. The van der Waals surface area contributed by atoms with Crippen LogP contribution in [0.15, 0.2) is 66.9 Å². The van der Waals surface area contributed by atoms with Crippen molar-refractivity contribution < 1.29 is 9.53 Å². The molecule has 138 valence electrons. The van der Waals surface area contributed by atoms with Gasteiger partial charge in [0.1, 0.15) is 5.82 Å². The minimum atomic E-state index is -0.370. The number of ether oxygens (including phenoxy) is 1. The summed E-state index contributed by atoms with van der Waals surface area (Å²) in [6.07, 6.45) is 1.67. The summed E-state index contributed by atoms with van der Waals surface area (Å²) < 4.78 is 5.11. The molecule has 1 unspecified atom stereocenters. The Kier molecular flexibility index (Phi) is 5.99. The smallest absolute Gasteiger partial charge is 0.340 e. The van der Waals surface area contributed by atoms with Crippen LogP contribution in [0.2, 0.25) is 0 Å². The van der Waals surface area contributed by atoms with Crippen LogP contribution in [0.5, 0.6) is 0 Å². The number of para-hydroxylation sites is 1. The molecule has 1 atom stereocenters. The number of rotatable bonds is 7. The quantitative estimate of drug-likeness (QED) is 0.600. The molecule has 6 heteroatoms. The lowest BCUT2D eigenvalue weighted by Gasteiger charge is -2.15. The van der Waals surface area contributed by atoms with Crippen molar-refractivity contribution in [2.45, 2.75) is 19.9 Å². The Hall–Kier alpha value is -3.41. The summed E-state index contributed by atoms with van der Waals surface area (Å²) in [6.45, 7) is 4.16. The van der Waals surface area contributed by atoms with Gasteiger partial charge in [0.05, 0.1) is 23.9 Å². The van der Waals surface area contributed by atoms with E-state index in [1.165, 1.54) is 0 Å². The molecule has 0 amide bonds. The molecular formula is C21H22N4O2. The first-order valence-electron chi connectivity index (χ1n) is 8.85. The maximum absolute atomic E-state index is 12.1. The highest BCUT2D eigenvalue weighted by Gasteiger charge is 2.13. The van der Waals surface area contributed by atoms with E-state index >= 15 is 0 Å². The largest absolute Gasteiger partial charge is 0.462 e. The van der Waals surface area contributed by atoms with E-state index in [0.29, 0.717) is 29.6 Å². The fraction of sp³-hybridized carbons (Fsp3) is 0.190. The van der Waals surface area contributed by atoms with Crippen LogP contribution in [-0.4, -0.2) is 22.5 Å². The van der Waals surface area contributed by atoms with Crippen molar-refractivity contribution in [2.75, 3.05) is 17.2 Å². The number of hydrogen-bond acceptors (Lipinski definition) is 6. The number of anilines is 3. The van der Waals surface area contributed by atoms with Gasteiger partial charge in [-0.25, -0.2) is 9.78 Å². The highest BCUT2D eigenvalue weighted by atomic mass is 16.5. The molecule has 0 saturated carbocycles. The summed E-state index contributed by atoms with van der Waals surface area (Å²) in [4.78, 5) is 20.9. The first-order chi connectivity index (χ1) is 13.2. The molecule has 0 aliphatic heterocycles. The summed E-state index contributed by atoms with van der Waals surface area (Å²) in [7, 11) is 0. The number of carbonyl (C=O) groups excluding carboxylic acids is 1. The third kappa shape index (κ3) is 4.82. The summed E-state index contributed by atoms with van der Waals surface area (Å²) >= 11 is 0. The van der Waals surface area contributed by atoms with E-state index in [9.17, 15) is 4.79 Å². The van der Waals surface area contributed by atoms with Gasteiger partial charge in [-0.2, -0.15) is 4.98 Å². The van der Waals surface area contributed by atoms with Crippen molar-refractivity contribution in [2.24, 2.45) is 0 Å². The Labute approximate surface area is 158 Å². The Morgan fingerprint density at radius 2 is 1.81 bits per heavy atom. The van der Waals surface area contributed by atoms with Gasteiger partial charge in [0, 0.05) is 6.20 Å². The average molecular weight is 362 g/mol. The van der Waals surface area contributed by atoms with Crippen molar-refractivity contribution in [1.29, 1.82) is 0 Å². The first kappa shape index (κ1) is 18.4. The van der Waals surface area contributed by atoms with Gasteiger partial charge >= 0.3 is 5.97 Å². The molecule has 2 aromatic carbocycles. The lowest BCUT2D eigenvalue weighted by atomic mass is 10.1. The van der Waals surface area contributed by atoms with E-state index in [1.54, 1.807) is 31.3 Å². The molecule has 0 aliphatic carbocycles. The molecule has 0 radical (unpaired) electrons. The summed E-state index contributed by atoms with van der Waals surface area (Å²) in [6, 6.07) is 19.1. The molecule has 3 rings (SSSR count). The lowest BCUT2D eigenvalue weighted by molar-refractivity contribution is 0.0527. The van der Waals surface area contributed by atoms with E-state index < -0.39 is 0 Å². The van der Waals surface area contributed by atoms with E-state index in [-0.39, 0.29) is 12.0 Å². The van der Waals surface area contributed by atoms with Gasteiger partial charge in [0.15, 0.2) is 0 Å². The van der Waals surface area contributed by atoms with Gasteiger partial charge in [0.2, 0.25) is 5.95 Å². The first-order valence-corrected chi connectivity index (χ1v) is 8.85. The molecule has 0 bridgehead atoms. The van der Waals surface area contributed by atoms with Gasteiger partial charge in [-0.05, 0) is 37.6 Å². The summed E-state index contributed by atoms with van der Waals surface area (Å²) in [5.74, 6) is 0.722. The summed E-state index contributed by atoms with van der Waals surface area (Å²) in [5.41, 5.74) is 2.24. The molecule has 1 heterocycles. The second-order valence-corrected chi connectivity index (χ2v) is 5.93. The lowest BCUT2D eigenvalue weighted by Crippen LogP contribution is -2.11. The van der Waals surface area contributed by atoms with Crippen LogP contribution < -0.4 is 10.6 Å². The SMILES string of the molecule is CCOC(=O)c1ccccc1Nc1ccnc(NC(C)c2ccccc2)n1. The number of nitrogens with one attached hydrogen (secondary N) is 2. The van der Waals surface area contributed by atoms with Crippen molar-refractivity contribution in [3.63, 3.8) is 0 Å². The van der Waals surface area contributed by atoms with E-state index in [4.69, 9.17) is 4.74 Å². The topological polar surface area (TPSA) is 76.1 Å². The van der Waals surface area contributed by atoms with Gasteiger partial charge < -0.3 is 15.4 Å². The Balaban J connectivity index is 1.76. The molecule has 0 spiro atoms. The number of carbonyl (C=O) groups is 1. The zero-order valence-electron chi connectivity index (χ0n) is 15.3. The Bertz CT molecular complexity index is 899. The van der Waals surface area contributed by atoms with Gasteiger partial charge in [-0.3, -0.25) is 0 Å². The standard InChI is InChI=1S/C21H22N4O2/c1-3-27-20(26)17-11-7-8-12-18(17)24-19-13-14-22-21(25-19)23-15(2)16-9-5-4-6-10-16/h4-15H,3H2,1-2H3,(H2,22,23,24,25). The molecule has 0 aliphatic rings. The maximum Gasteiger partial charge on any atom is 0.340 e. The third-order valence-corrected chi connectivity index (χ3v) is 3.99. The Morgan fingerprint density at radius 1 is 1.07 bits per heavy atom. The number of esters is 1. The van der Waals surface area contributed by atoms with Crippen LogP contribution in [0.1, 0.15) is 35.8 Å². The molecule has 0 saturated heterocycles. The average Bonchev–Trinajstić information content (AvgIpc) is 2.69. The second kappa shape index (κ2) is 8.80. The predicted molar refractivity (Wildman–Crippen MR) is 106 cm³/mol. The van der Waals surface area contributed by atoms with Crippen molar-refractivity contribution in [3.8, 4) is 0 Å². The van der Waals surface area contributed by atoms with Gasteiger partial charge in [-0.15, -0.1) is 0 Å². The molecule has 6 nitrogen and oxygen atoms in total. The second-order valence-electron chi connectivity index (χ2n) is 5.93. The molecule has 27 heavy (non-hydrogen) atoms. The normalized spacial score (nSPS) is 11.5. The number of aromatic nitrogens is 2. The van der Waals surface area contributed by atoms with E-state index in [2.05, 4.69) is 39.7 Å². The molecule has 2 N–H and O–H groups in total. The van der Waals surface area contributed by atoms with Gasteiger partial charge in [-0.1, -0.05) is 42.5 Å². The number of nitrogens with zero attached hydrogens (tertiary/aromatic N) is 2. The van der Waals surface area contributed by atoms with Crippen LogP contribution in [0.4, 0.5) is 17.5 Å². The molecule has 1 aromatic heterocycles. The highest BCUT2D eigenvalue weighted by molar-refractivity contribution is 5.96. The van der Waals surface area contributed by atoms with Crippen LogP contribution >= 0.6 is 0 Å². The van der Waals surface area contributed by atoms with Crippen molar-refractivity contribution >= 4 is 23.4 Å². The zero-order chi connectivity index (χ0) is 19.1. The van der Waals surface area contributed by atoms with Crippen LogP contribution in [0, 0.1) is 0 Å². The zero-order valence-corrected chi connectivity index (χ0v) is 15.3. The summed E-state index contributed by atoms with van der Waals surface area (Å²) in [5, 5.41) is 6.46. The fourth-order valence-electron chi connectivity index (χ4n) is 2.63. The molecule has 3 aromatic rings. The minimum Gasteiger partial charge on any atom is -0.462 e. The van der Waals surface area contributed by atoms with Crippen molar-refractivity contribution in [3.05, 3.63) is 78.0 Å². The molecular weight excluding hydrogens is 340 g/mol. The predicted octanol–water partition coefficient (Wildman–Crippen LogP) is 4.57. The maximum atomic E-state index is 12.1. The Morgan fingerprint density at radius 3 is 2.59 bits per heavy atom. The van der Waals surface area contributed by atoms with E-state index in [0.717, 1.165) is 5.56 Å². The van der Waals surface area contributed by atoms with Crippen LogP contribution in [-0.2, 0) is 4.74 Å². The number of benzene rings is 2. The van der Waals surface area contributed by atoms with Crippen molar-refractivity contribution in [1.82, 2.24) is 9.97 Å². The molecule has 0 fully saturated rings. The van der Waals surface area contributed by atoms with Gasteiger partial charge in [0.25, 0.3) is 0 Å². The van der Waals surface area contributed by atoms with Crippen LogP contribution in [0.3, 0.4) is 0 Å². The highest BCUT2D eigenvalue weighted by Crippen LogP contribution is 2.22. The third-order valence-electron chi connectivity index (χ3n) is 3.99.